The molecule has 2 aromatic heterocycles. The lowest BCUT2D eigenvalue weighted by Crippen LogP contribution is -2.05. The summed E-state index contributed by atoms with van der Waals surface area (Å²) in [6.07, 6.45) is 0. The first-order valence-corrected chi connectivity index (χ1v) is 6.63. The second-order valence-corrected chi connectivity index (χ2v) is 4.95. The van der Waals surface area contributed by atoms with Gasteiger partial charge in [-0.1, -0.05) is 11.2 Å². The van der Waals surface area contributed by atoms with Crippen molar-refractivity contribution in [2.24, 2.45) is 5.16 Å². The second kappa shape index (κ2) is 5.79. The number of aryl methyl sites for hydroxylation is 1. The maximum Gasteiger partial charge on any atom is 0.236 e. The molecule has 0 radical (unpaired) electrons. The quantitative estimate of drug-likeness (QED) is 0.622. The van der Waals surface area contributed by atoms with E-state index in [9.17, 15) is 4.79 Å². The van der Waals surface area contributed by atoms with Crippen molar-refractivity contribution in [3.8, 4) is 10.8 Å². The number of hydrogen-bond acceptors (Lipinski definition) is 6. The van der Waals surface area contributed by atoms with Crippen LogP contribution in [0, 0.1) is 6.92 Å². The van der Waals surface area contributed by atoms with Crippen molar-refractivity contribution in [1.29, 1.82) is 0 Å². The number of carbonyl (C=O) groups excluding carboxylic acids is 1. The molecule has 19 heavy (non-hydrogen) atoms. The Balaban J connectivity index is 2.06. The predicted octanol–water partition coefficient (Wildman–Crippen LogP) is 3.19. The van der Waals surface area contributed by atoms with Gasteiger partial charge in [-0.2, -0.15) is 0 Å². The number of oxazole rings is 1. The molecule has 0 saturated carbocycles. The van der Waals surface area contributed by atoms with Crippen molar-refractivity contribution >= 4 is 22.8 Å². The molecule has 0 saturated heterocycles. The van der Waals surface area contributed by atoms with E-state index in [-0.39, 0.29) is 12.4 Å². The fourth-order valence-electron chi connectivity index (χ4n) is 1.32. The molecule has 0 aliphatic heterocycles. The fraction of sp³-hybridized carbons (Fsp3) is 0.308. The van der Waals surface area contributed by atoms with Crippen LogP contribution in [-0.4, -0.2) is 16.5 Å². The Labute approximate surface area is 114 Å². The number of Topliss-reactive ketones (excluding diaryl/α,β-unsaturated/α-hetero) is 1. The zero-order valence-corrected chi connectivity index (χ0v) is 11.8. The number of ketones is 1. The van der Waals surface area contributed by atoms with E-state index in [1.165, 1.54) is 6.92 Å². The van der Waals surface area contributed by atoms with Gasteiger partial charge in [0.2, 0.25) is 5.89 Å². The molecule has 0 spiro atoms. The SMILES string of the molecule is CC(=O)C(C)=NOCc1nc(-c2cccs2)oc1C. The van der Waals surface area contributed by atoms with Gasteiger partial charge in [0.15, 0.2) is 12.4 Å². The van der Waals surface area contributed by atoms with Crippen LogP contribution >= 0.6 is 11.3 Å². The number of thiophene rings is 1. The molecule has 0 aromatic carbocycles. The minimum absolute atomic E-state index is 0.115. The molecule has 0 bridgehead atoms. The summed E-state index contributed by atoms with van der Waals surface area (Å²) in [4.78, 5) is 21.4. The van der Waals surface area contributed by atoms with Gasteiger partial charge in [0.25, 0.3) is 0 Å². The lowest BCUT2D eigenvalue weighted by molar-refractivity contribution is -0.111. The molecule has 0 unspecified atom stereocenters. The van der Waals surface area contributed by atoms with Gasteiger partial charge in [-0.15, -0.1) is 11.3 Å². The molecule has 2 rings (SSSR count). The highest BCUT2D eigenvalue weighted by atomic mass is 32.1. The molecule has 100 valence electrons. The Morgan fingerprint density at radius 3 is 2.95 bits per heavy atom. The number of nitrogens with zero attached hydrogens (tertiary/aromatic N) is 2. The summed E-state index contributed by atoms with van der Waals surface area (Å²) < 4.78 is 5.57. The summed E-state index contributed by atoms with van der Waals surface area (Å²) in [6.45, 7) is 5.06. The Kier molecular flexibility index (Phi) is 4.11. The highest BCUT2D eigenvalue weighted by Gasteiger charge is 2.12. The molecule has 0 atom stereocenters. The molecule has 0 aliphatic rings. The molecule has 2 aromatic rings. The van der Waals surface area contributed by atoms with Gasteiger partial charge in [0.05, 0.1) is 4.88 Å². The molecular weight excluding hydrogens is 264 g/mol. The number of hydrogen-bond donors (Lipinski definition) is 0. The number of rotatable bonds is 5. The standard InChI is InChI=1S/C13H14N2O3S/c1-8(9(2)16)15-17-7-11-10(3)18-13(14-11)12-5-4-6-19-12/h4-6H,7H2,1-3H3. The lowest BCUT2D eigenvalue weighted by Gasteiger charge is -1.97. The van der Waals surface area contributed by atoms with E-state index in [4.69, 9.17) is 9.25 Å². The van der Waals surface area contributed by atoms with Crippen molar-refractivity contribution in [2.75, 3.05) is 0 Å². The smallest absolute Gasteiger partial charge is 0.236 e. The maximum atomic E-state index is 11.0. The first-order chi connectivity index (χ1) is 9.08. The van der Waals surface area contributed by atoms with E-state index in [1.807, 2.05) is 24.4 Å². The Morgan fingerprint density at radius 2 is 2.32 bits per heavy atom. The first kappa shape index (κ1) is 13.5. The summed E-state index contributed by atoms with van der Waals surface area (Å²) >= 11 is 1.56. The van der Waals surface area contributed by atoms with E-state index >= 15 is 0 Å². The van der Waals surface area contributed by atoms with Crippen molar-refractivity contribution in [1.82, 2.24) is 4.98 Å². The van der Waals surface area contributed by atoms with Gasteiger partial charge in [-0.05, 0) is 25.3 Å². The summed E-state index contributed by atoms with van der Waals surface area (Å²) in [7, 11) is 0. The zero-order valence-electron chi connectivity index (χ0n) is 11.0. The molecule has 0 aliphatic carbocycles. The van der Waals surface area contributed by atoms with Gasteiger partial charge in [-0.25, -0.2) is 4.98 Å². The van der Waals surface area contributed by atoms with Crippen LogP contribution in [0.25, 0.3) is 10.8 Å². The monoisotopic (exact) mass is 278 g/mol. The average Bonchev–Trinajstić information content (AvgIpc) is 2.99. The molecular formula is C13H14N2O3S. The molecule has 5 nitrogen and oxygen atoms in total. The third-order valence-electron chi connectivity index (χ3n) is 2.54. The molecule has 2 heterocycles. The van der Waals surface area contributed by atoms with Crippen LogP contribution in [0.5, 0.6) is 0 Å². The highest BCUT2D eigenvalue weighted by Crippen LogP contribution is 2.26. The minimum Gasteiger partial charge on any atom is -0.440 e. The van der Waals surface area contributed by atoms with Crippen molar-refractivity contribution in [2.45, 2.75) is 27.4 Å². The summed E-state index contributed by atoms with van der Waals surface area (Å²) in [6, 6.07) is 3.88. The van der Waals surface area contributed by atoms with E-state index < -0.39 is 0 Å². The van der Waals surface area contributed by atoms with E-state index in [2.05, 4.69) is 10.1 Å². The molecule has 0 fully saturated rings. The van der Waals surface area contributed by atoms with E-state index in [0.29, 0.717) is 23.1 Å². The maximum absolute atomic E-state index is 11.0. The van der Waals surface area contributed by atoms with Gasteiger partial charge < -0.3 is 9.25 Å². The first-order valence-electron chi connectivity index (χ1n) is 5.75. The fourth-order valence-corrected chi connectivity index (χ4v) is 1.97. The average molecular weight is 278 g/mol. The van der Waals surface area contributed by atoms with Crippen LogP contribution in [0.4, 0.5) is 0 Å². The van der Waals surface area contributed by atoms with Crippen LogP contribution in [0.3, 0.4) is 0 Å². The summed E-state index contributed by atoms with van der Waals surface area (Å²) in [5.74, 6) is 1.16. The lowest BCUT2D eigenvalue weighted by atomic mass is 10.3. The van der Waals surface area contributed by atoms with Crippen molar-refractivity contribution in [3.05, 3.63) is 29.0 Å². The van der Waals surface area contributed by atoms with Gasteiger partial charge in [0, 0.05) is 6.92 Å². The van der Waals surface area contributed by atoms with E-state index in [1.54, 1.807) is 18.3 Å². The second-order valence-electron chi connectivity index (χ2n) is 4.01. The van der Waals surface area contributed by atoms with Gasteiger partial charge in [-0.3, -0.25) is 4.79 Å². The van der Waals surface area contributed by atoms with Crippen LogP contribution in [0.15, 0.2) is 27.1 Å². The third-order valence-corrected chi connectivity index (χ3v) is 3.39. The van der Waals surface area contributed by atoms with Gasteiger partial charge >= 0.3 is 0 Å². The molecule has 0 amide bonds. The van der Waals surface area contributed by atoms with Crippen LogP contribution < -0.4 is 0 Å². The number of aromatic nitrogens is 1. The van der Waals surface area contributed by atoms with Crippen molar-refractivity contribution < 1.29 is 14.0 Å². The molecule has 6 heteroatoms. The third kappa shape index (κ3) is 3.29. The normalized spacial score (nSPS) is 11.6. The van der Waals surface area contributed by atoms with E-state index in [0.717, 1.165) is 4.88 Å². The topological polar surface area (TPSA) is 64.7 Å². The Morgan fingerprint density at radius 1 is 1.53 bits per heavy atom. The number of carbonyl (C=O) groups is 1. The predicted molar refractivity (Wildman–Crippen MR) is 73.1 cm³/mol. The molecule has 0 N–H and O–H groups in total. The Bertz CT molecular complexity index is 599. The summed E-state index contributed by atoms with van der Waals surface area (Å²) in [5, 5.41) is 5.68. The summed E-state index contributed by atoms with van der Waals surface area (Å²) in [5.41, 5.74) is 1.02. The minimum atomic E-state index is -0.115. The van der Waals surface area contributed by atoms with Crippen molar-refractivity contribution in [3.63, 3.8) is 0 Å². The van der Waals surface area contributed by atoms with Crippen LogP contribution in [-0.2, 0) is 16.2 Å². The van der Waals surface area contributed by atoms with Crippen LogP contribution in [0.2, 0.25) is 0 Å². The highest BCUT2D eigenvalue weighted by molar-refractivity contribution is 7.13. The number of oxime groups is 1. The van der Waals surface area contributed by atoms with Crippen LogP contribution in [0.1, 0.15) is 25.3 Å². The van der Waals surface area contributed by atoms with Gasteiger partial charge in [0.1, 0.15) is 17.2 Å². The zero-order chi connectivity index (χ0) is 13.8. The largest absolute Gasteiger partial charge is 0.440 e. The Hall–Kier alpha value is -1.95.